The van der Waals surface area contributed by atoms with Crippen LogP contribution in [0.5, 0.6) is 0 Å². The first-order chi connectivity index (χ1) is 9.70. The van der Waals surface area contributed by atoms with Crippen molar-refractivity contribution in [2.75, 3.05) is 11.9 Å². The van der Waals surface area contributed by atoms with E-state index in [1.165, 1.54) is 10.7 Å². The average molecular weight is 274 g/mol. The van der Waals surface area contributed by atoms with Gasteiger partial charge in [0.15, 0.2) is 0 Å². The van der Waals surface area contributed by atoms with E-state index in [-0.39, 0.29) is 11.6 Å². The summed E-state index contributed by atoms with van der Waals surface area (Å²) in [5.74, 6) is 0.368. The van der Waals surface area contributed by atoms with Gasteiger partial charge in [-0.25, -0.2) is 9.48 Å². The number of anilines is 1. The summed E-state index contributed by atoms with van der Waals surface area (Å²) in [7, 11) is 0. The van der Waals surface area contributed by atoms with Gasteiger partial charge in [-0.15, -0.1) is 0 Å². The zero-order valence-electron chi connectivity index (χ0n) is 11.3. The van der Waals surface area contributed by atoms with Crippen molar-refractivity contribution in [1.82, 2.24) is 15.1 Å². The highest BCUT2D eigenvalue weighted by Gasteiger charge is 2.07. The third kappa shape index (κ3) is 3.50. The van der Waals surface area contributed by atoms with Crippen molar-refractivity contribution in [3.8, 4) is 5.69 Å². The van der Waals surface area contributed by atoms with Crippen LogP contribution in [0, 0.1) is 0 Å². The quantitative estimate of drug-likeness (QED) is 0.730. The molecule has 20 heavy (non-hydrogen) atoms. The maximum Gasteiger partial charge on any atom is 0.320 e. The van der Waals surface area contributed by atoms with E-state index in [1.807, 2.05) is 30.3 Å². The summed E-state index contributed by atoms with van der Waals surface area (Å²) in [6, 6.07) is 10.2. The van der Waals surface area contributed by atoms with Crippen LogP contribution < -0.4 is 16.2 Å². The Hall–Kier alpha value is -2.50. The Kier molecular flexibility index (Phi) is 4.60. The summed E-state index contributed by atoms with van der Waals surface area (Å²) in [6.45, 7) is 2.67. The highest BCUT2D eigenvalue weighted by molar-refractivity contribution is 5.88. The summed E-state index contributed by atoms with van der Waals surface area (Å²) >= 11 is 0. The number of aromatic amines is 1. The lowest BCUT2D eigenvalue weighted by Crippen LogP contribution is -2.29. The Morgan fingerprint density at radius 2 is 2.05 bits per heavy atom. The summed E-state index contributed by atoms with van der Waals surface area (Å²) < 4.78 is 1.38. The van der Waals surface area contributed by atoms with Crippen LogP contribution in [0.15, 0.2) is 41.2 Å². The minimum atomic E-state index is -0.320. The van der Waals surface area contributed by atoms with E-state index in [4.69, 9.17) is 0 Å². The highest BCUT2D eigenvalue weighted by Crippen LogP contribution is 2.05. The first-order valence-electron chi connectivity index (χ1n) is 6.63. The lowest BCUT2D eigenvalue weighted by atomic mass is 10.3. The molecule has 6 nitrogen and oxygen atoms in total. The number of rotatable bonds is 5. The molecule has 0 radical (unpaired) electrons. The van der Waals surface area contributed by atoms with E-state index in [0.29, 0.717) is 12.4 Å². The van der Waals surface area contributed by atoms with E-state index in [2.05, 4.69) is 22.7 Å². The number of unbranched alkanes of at least 4 members (excludes halogenated alkanes) is 1. The number of urea groups is 1. The molecule has 1 aromatic carbocycles. The number of nitrogens with one attached hydrogen (secondary N) is 3. The maximum absolute atomic E-state index is 11.8. The molecule has 106 valence electrons. The molecule has 0 saturated carbocycles. The fourth-order valence-electron chi connectivity index (χ4n) is 1.77. The zero-order chi connectivity index (χ0) is 14.4. The van der Waals surface area contributed by atoms with E-state index >= 15 is 0 Å². The van der Waals surface area contributed by atoms with Gasteiger partial charge in [0.1, 0.15) is 5.82 Å². The second-order valence-corrected chi connectivity index (χ2v) is 4.41. The van der Waals surface area contributed by atoms with Gasteiger partial charge < -0.3 is 5.32 Å². The highest BCUT2D eigenvalue weighted by atomic mass is 16.2. The Labute approximate surface area is 116 Å². The van der Waals surface area contributed by atoms with Gasteiger partial charge in [-0.1, -0.05) is 31.5 Å². The van der Waals surface area contributed by atoms with Crippen molar-refractivity contribution in [1.29, 1.82) is 0 Å². The molecule has 0 atom stereocenters. The van der Waals surface area contributed by atoms with Crippen molar-refractivity contribution in [2.24, 2.45) is 0 Å². The molecule has 1 heterocycles. The Bertz CT molecular complexity index is 616. The molecule has 0 spiro atoms. The molecule has 0 aliphatic carbocycles. The van der Waals surface area contributed by atoms with Gasteiger partial charge in [0.05, 0.1) is 5.69 Å². The fraction of sp³-hybridized carbons (Fsp3) is 0.286. The topological polar surface area (TPSA) is 78.9 Å². The SMILES string of the molecule is CCCCNC(=O)Nc1cc(=O)n(-c2ccccc2)[nH]1. The normalized spacial score (nSPS) is 10.2. The van der Waals surface area contributed by atoms with E-state index in [0.717, 1.165) is 18.5 Å². The van der Waals surface area contributed by atoms with Gasteiger partial charge in [0.2, 0.25) is 0 Å². The van der Waals surface area contributed by atoms with Crippen molar-refractivity contribution in [2.45, 2.75) is 19.8 Å². The smallest absolute Gasteiger partial charge is 0.320 e. The number of carbonyl (C=O) groups excluding carboxylic acids is 1. The fourth-order valence-corrected chi connectivity index (χ4v) is 1.77. The number of hydrogen-bond acceptors (Lipinski definition) is 2. The minimum Gasteiger partial charge on any atom is -0.338 e. The molecule has 2 rings (SSSR count). The largest absolute Gasteiger partial charge is 0.338 e. The summed E-state index contributed by atoms with van der Waals surface area (Å²) in [4.78, 5) is 23.4. The standard InChI is InChI=1S/C14H18N4O2/c1-2-3-9-15-14(20)16-12-10-13(19)18(17-12)11-7-5-4-6-8-11/h4-8,10,17H,2-3,9H2,1H3,(H2,15,16,20). The van der Waals surface area contributed by atoms with Crippen molar-refractivity contribution < 1.29 is 4.79 Å². The summed E-state index contributed by atoms with van der Waals surface area (Å²) in [6.07, 6.45) is 1.94. The lowest BCUT2D eigenvalue weighted by Gasteiger charge is -2.05. The minimum absolute atomic E-state index is 0.222. The molecule has 0 saturated heterocycles. The number of amides is 2. The van der Waals surface area contributed by atoms with Crippen LogP contribution in [0.3, 0.4) is 0 Å². The van der Waals surface area contributed by atoms with Gasteiger partial charge in [0, 0.05) is 12.6 Å². The van der Waals surface area contributed by atoms with Crippen LogP contribution in [0.4, 0.5) is 10.6 Å². The number of aromatic nitrogens is 2. The summed E-state index contributed by atoms with van der Waals surface area (Å²) in [5, 5.41) is 8.18. The molecule has 0 bridgehead atoms. The molecule has 6 heteroatoms. The molecule has 2 aromatic rings. The predicted molar refractivity (Wildman–Crippen MR) is 78.3 cm³/mol. The van der Waals surface area contributed by atoms with Crippen LogP contribution in [0.1, 0.15) is 19.8 Å². The first-order valence-corrected chi connectivity index (χ1v) is 6.63. The van der Waals surface area contributed by atoms with E-state index in [1.54, 1.807) is 0 Å². The zero-order valence-corrected chi connectivity index (χ0v) is 11.3. The molecule has 2 amide bonds. The number of H-pyrrole nitrogens is 1. The molecular weight excluding hydrogens is 256 g/mol. The third-order valence-electron chi connectivity index (χ3n) is 2.80. The van der Waals surface area contributed by atoms with E-state index in [9.17, 15) is 9.59 Å². The Morgan fingerprint density at radius 1 is 1.30 bits per heavy atom. The number of para-hydroxylation sites is 1. The molecule has 0 aliphatic heterocycles. The molecule has 1 aromatic heterocycles. The second kappa shape index (κ2) is 6.60. The van der Waals surface area contributed by atoms with Crippen LogP contribution in [0.2, 0.25) is 0 Å². The van der Waals surface area contributed by atoms with Crippen molar-refractivity contribution in [3.05, 3.63) is 46.8 Å². The van der Waals surface area contributed by atoms with Crippen LogP contribution >= 0.6 is 0 Å². The monoisotopic (exact) mass is 274 g/mol. The molecular formula is C14H18N4O2. The number of nitrogens with zero attached hydrogens (tertiary/aromatic N) is 1. The van der Waals surface area contributed by atoms with Crippen LogP contribution in [0.25, 0.3) is 5.69 Å². The van der Waals surface area contributed by atoms with Gasteiger partial charge in [-0.2, -0.15) is 0 Å². The maximum atomic E-state index is 11.8. The van der Waals surface area contributed by atoms with Gasteiger partial charge in [-0.3, -0.25) is 15.2 Å². The van der Waals surface area contributed by atoms with Crippen molar-refractivity contribution >= 4 is 11.8 Å². The van der Waals surface area contributed by atoms with Gasteiger partial charge >= 0.3 is 6.03 Å². The number of carbonyl (C=O) groups is 1. The average Bonchev–Trinajstić information content (AvgIpc) is 2.81. The molecule has 0 fully saturated rings. The molecule has 3 N–H and O–H groups in total. The number of benzene rings is 1. The van der Waals surface area contributed by atoms with Crippen molar-refractivity contribution in [3.63, 3.8) is 0 Å². The third-order valence-corrected chi connectivity index (χ3v) is 2.80. The second-order valence-electron chi connectivity index (χ2n) is 4.41. The van der Waals surface area contributed by atoms with Gasteiger partial charge in [0.25, 0.3) is 5.56 Å². The van der Waals surface area contributed by atoms with Gasteiger partial charge in [-0.05, 0) is 18.6 Å². The number of hydrogen-bond donors (Lipinski definition) is 3. The van der Waals surface area contributed by atoms with Crippen LogP contribution in [-0.2, 0) is 0 Å². The Balaban J connectivity index is 2.05. The molecule has 0 unspecified atom stereocenters. The predicted octanol–water partition coefficient (Wildman–Crippen LogP) is 2.09. The Morgan fingerprint density at radius 3 is 2.75 bits per heavy atom. The molecule has 0 aliphatic rings. The van der Waals surface area contributed by atoms with E-state index < -0.39 is 0 Å². The lowest BCUT2D eigenvalue weighted by molar-refractivity contribution is 0.252. The van der Waals surface area contributed by atoms with Crippen LogP contribution in [-0.4, -0.2) is 22.4 Å². The summed E-state index contributed by atoms with van der Waals surface area (Å²) in [5.41, 5.74) is 0.497. The first kappa shape index (κ1) is 13.9.